The van der Waals surface area contributed by atoms with Gasteiger partial charge < -0.3 is 15.0 Å². The Balaban J connectivity index is 1.40. The average molecular weight is 395 g/mol. The Bertz CT molecular complexity index is 1010. The highest BCUT2D eigenvalue weighted by Gasteiger charge is 2.31. The van der Waals surface area contributed by atoms with Crippen LogP contribution in [-0.2, 0) is 9.59 Å². The van der Waals surface area contributed by atoms with Crippen molar-refractivity contribution in [2.45, 2.75) is 19.4 Å². The minimum atomic E-state index is -0.581. The molecule has 3 aromatic rings. The van der Waals surface area contributed by atoms with E-state index in [4.69, 9.17) is 4.74 Å². The number of nitrogens with one attached hydrogen (secondary N) is 1. The third-order valence-corrected chi connectivity index (χ3v) is 5.05. The molecular weight excluding hydrogens is 378 g/mol. The minimum absolute atomic E-state index is 0.130. The molecule has 3 heterocycles. The molecule has 2 amide bonds. The molecule has 0 fully saturated rings. The van der Waals surface area contributed by atoms with Crippen LogP contribution in [0, 0.1) is 0 Å². The van der Waals surface area contributed by atoms with E-state index >= 15 is 0 Å². The van der Waals surface area contributed by atoms with E-state index in [-0.39, 0.29) is 24.8 Å². The lowest BCUT2D eigenvalue weighted by molar-refractivity contribution is -0.125. The van der Waals surface area contributed by atoms with Crippen molar-refractivity contribution in [2.24, 2.45) is 0 Å². The van der Waals surface area contributed by atoms with Crippen LogP contribution in [0.3, 0.4) is 0 Å². The zero-order valence-electron chi connectivity index (χ0n) is 15.0. The monoisotopic (exact) mass is 395 g/mol. The minimum Gasteiger partial charge on any atom is -0.479 e. The van der Waals surface area contributed by atoms with E-state index in [0.717, 1.165) is 0 Å². The molecule has 1 atom stereocenters. The number of carbonyl (C=O) groups excluding carboxylic acids is 2. The second kappa shape index (κ2) is 7.73. The summed E-state index contributed by atoms with van der Waals surface area (Å²) in [5, 5.41) is 11.8. The van der Waals surface area contributed by atoms with Crippen LogP contribution in [0.25, 0.3) is 10.7 Å². The maximum Gasteiger partial charge on any atom is 0.267 e. The summed E-state index contributed by atoms with van der Waals surface area (Å²) in [5.74, 6) is 0.229. The van der Waals surface area contributed by atoms with Gasteiger partial charge in [0.2, 0.25) is 11.0 Å². The molecule has 9 heteroatoms. The number of amides is 2. The number of para-hydroxylation sites is 2. The first-order valence-corrected chi connectivity index (χ1v) is 9.55. The molecule has 0 saturated carbocycles. The number of anilines is 2. The fourth-order valence-corrected chi connectivity index (χ4v) is 3.59. The molecule has 0 saturated heterocycles. The summed E-state index contributed by atoms with van der Waals surface area (Å²) in [5.41, 5.74) is 1.37. The second-order valence-electron chi connectivity index (χ2n) is 6.14. The number of benzene rings is 1. The highest BCUT2D eigenvalue weighted by molar-refractivity contribution is 7.18. The number of aromatic nitrogens is 3. The van der Waals surface area contributed by atoms with Crippen molar-refractivity contribution in [3.05, 3.63) is 48.7 Å². The van der Waals surface area contributed by atoms with Gasteiger partial charge in [0.1, 0.15) is 11.4 Å². The van der Waals surface area contributed by atoms with Gasteiger partial charge in [-0.2, -0.15) is 0 Å². The fourth-order valence-electron chi connectivity index (χ4n) is 2.85. The van der Waals surface area contributed by atoms with Gasteiger partial charge in [0.25, 0.3) is 5.91 Å². The quantitative estimate of drug-likeness (QED) is 0.713. The van der Waals surface area contributed by atoms with Gasteiger partial charge in [-0.05, 0) is 31.2 Å². The van der Waals surface area contributed by atoms with Gasteiger partial charge in [-0.25, -0.2) is 0 Å². The van der Waals surface area contributed by atoms with Crippen LogP contribution in [0.4, 0.5) is 10.8 Å². The molecule has 1 N–H and O–H groups in total. The van der Waals surface area contributed by atoms with Crippen molar-refractivity contribution >= 4 is 34.0 Å². The van der Waals surface area contributed by atoms with Crippen LogP contribution in [-0.4, -0.2) is 39.6 Å². The van der Waals surface area contributed by atoms with Crippen molar-refractivity contribution in [2.75, 3.05) is 16.8 Å². The first kappa shape index (κ1) is 18.1. The highest BCUT2D eigenvalue weighted by atomic mass is 32.1. The molecule has 1 aliphatic heterocycles. The second-order valence-corrected chi connectivity index (χ2v) is 7.12. The maximum atomic E-state index is 12.5. The van der Waals surface area contributed by atoms with Gasteiger partial charge in [0.15, 0.2) is 11.1 Å². The first-order valence-electron chi connectivity index (χ1n) is 8.73. The Morgan fingerprint density at radius 1 is 1.21 bits per heavy atom. The summed E-state index contributed by atoms with van der Waals surface area (Å²) >= 11 is 1.25. The maximum absolute atomic E-state index is 12.5. The molecule has 8 nitrogen and oxygen atoms in total. The molecule has 1 aromatic carbocycles. The zero-order valence-corrected chi connectivity index (χ0v) is 15.8. The van der Waals surface area contributed by atoms with Gasteiger partial charge in [0.05, 0.1) is 5.69 Å². The predicted molar refractivity (Wildman–Crippen MR) is 105 cm³/mol. The molecule has 0 bridgehead atoms. The van der Waals surface area contributed by atoms with Crippen LogP contribution >= 0.6 is 11.3 Å². The Morgan fingerprint density at radius 3 is 2.86 bits per heavy atom. The molecule has 142 valence electrons. The molecule has 1 unspecified atom stereocenters. The molecule has 1 aliphatic rings. The zero-order chi connectivity index (χ0) is 19.5. The summed E-state index contributed by atoms with van der Waals surface area (Å²) in [6.45, 7) is 1.95. The van der Waals surface area contributed by atoms with E-state index in [2.05, 4.69) is 20.5 Å². The van der Waals surface area contributed by atoms with Crippen molar-refractivity contribution in [3.63, 3.8) is 0 Å². The van der Waals surface area contributed by atoms with Crippen molar-refractivity contribution in [1.82, 2.24) is 15.2 Å². The Morgan fingerprint density at radius 2 is 2.04 bits per heavy atom. The van der Waals surface area contributed by atoms with Crippen LogP contribution in [0.15, 0.2) is 48.7 Å². The lowest BCUT2D eigenvalue weighted by atomic mass is 10.1. The number of hydrogen-bond acceptors (Lipinski definition) is 7. The van der Waals surface area contributed by atoms with E-state index in [9.17, 15) is 9.59 Å². The number of rotatable bonds is 5. The topological polar surface area (TPSA) is 97.3 Å². The normalized spacial score (nSPS) is 15.7. The summed E-state index contributed by atoms with van der Waals surface area (Å²) in [6, 6.07) is 12.8. The van der Waals surface area contributed by atoms with Gasteiger partial charge in [-0.1, -0.05) is 29.5 Å². The number of ether oxygens (including phenoxy) is 1. The number of fused-ring (bicyclic) bond motifs is 1. The summed E-state index contributed by atoms with van der Waals surface area (Å²) < 4.78 is 5.61. The van der Waals surface area contributed by atoms with Crippen molar-refractivity contribution < 1.29 is 14.3 Å². The standard InChI is InChI=1S/C19H17N5O3S/c1-12-18(26)24(14-7-2-3-8-15(14)27-12)11-9-16(25)21-19-23-22-17(28-19)13-6-4-5-10-20-13/h2-8,10,12H,9,11H2,1H3,(H,21,23,25). The van der Waals surface area contributed by atoms with Crippen LogP contribution in [0.1, 0.15) is 13.3 Å². The SMILES string of the molecule is CC1Oc2ccccc2N(CCC(=O)Nc2nnc(-c3ccccn3)s2)C1=O. The van der Waals surface area contributed by atoms with Gasteiger partial charge in [-0.3, -0.25) is 14.6 Å². The molecule has 0 aliphatic carbocycles. The number of pyridine rings is 1. The number of nitrogens with zero attached hydrogens (tertiary/aromatic N) is 4. The molecular formula is C19H17N5O3S. The highest BCUT2D eigenvalue weighted by Crippen LogP contribution is 2.33. The van der Waals surface area contributed by atoms with Crippen LogP contribution in [0.2, 0.25) is 0 Å². The lowest BCUT2D eigenvalue weighted by Gasteiger charge is -2.32. The summed E-state index contributed by atoms with van der Waals surface area (Å²) in [7, 11) is 0. The Hall–Kier alpha value is -3.33. The van der Waals surface area contributed by atoms with Crippen LogP contribution < -0.4 is 15.0 Å². The third-order valence-electron chi connectivity index (χ3n) is 4.19. The van der Waals surface area contributed by atoms with Crippen LogP contribution in [0.5, 0.6) is 5.75 Å². The summed E-state index contributed by atoms with van der Waals surface area (Å²) in [4.78, 5) is 30.6. The third kappa shape index (κ3) is 3.70. The number of carbonyl (C=O) groups is 2. The average Bonchev–Trinajstić information content (AvgIpc) is 3.17. The Labute approximate surface area is 165 Å². The van der Waals surface area contributed by atoms with Crippen molar-refractivity contribution in [1.29, 1.82) is 0 Å². The number of hydrogen-bond donors (Lipinski definition) is 1. The smallest absolute Gasteiger partial charge is 0.267 e. The summed E-state index contributed by atoms with van der Waals surface area (Å²) in [6.07, 6.45) is 1.22. The van der Waals surface area contributed by atoms with E-state index in [1.54, 1.807) is 24.1 Å². The first-order chi connectivity index (χ1) is 13.6. The van der Waals surface area contributed by atoms with Gasteiger partial charge in [-0.15, -0.1) is 10.2 Å². The van der Waals surface area contributed by atoms with E-state index in [1.165, 1.54) is 11.3 Å². The molecule has 2 aromatic heterocycles. The molecule has 4 rings (SSSR count). The van der Waals surface area contributed by atoms with E-state index in [0.29, 0.717) is 27.3 Å². The Kier molecular flexibility index (Phi) is 4.98. The predicted octanol–water partition coefficient (Wildman–Crippen LogP) is 2.74. The largest absolute Gasteiger partial charge is 0.479 e. The molecule has 28 heavy (non-hydrogen) atoms. The van der Waals surface area contributed by atoms with E-state index < -0.39 is 6.10 Å². The lowest BCUT2D eigenvalue weighted by Crippen LogP contribution is -2.45. The fraction of sp³-hybridized carbons (Fsp3) is 0.211. The van der Waals surface area contributed by atoms with Gasteiger partial charge >= 0.3 is 0 Å². The van der Waals surface area contributed by atoms with Gasteiger partial charge in [0, 0.05) is 19.2 Å². The molecule has 0 radical (unpaired) electrons. The van der Waals surface area contributed by atoms with E-state index in [1.807, 2.05) is 36.4 Å². The molecule has 0 spiro atoms. The van der Waals surface area contributed by atoms with Crippen molar-refractivity contribution in [3.8, 4) is 16.5 Å².